The molecule has 0 radical (unpaired) electrons. The maximum Gasteiger partial charge on any atom is 0.252 e. The van der Waals surface area contributed by atoms with Crippen LogP contribution in [0.4, 0.5) is 0 Å². The Bertz CT molecular complexity index is 649. The zero-order chi connectivity index (χ0) is 17.6. The Hall–Kier alpha value is -0.670. The number of nitrogens with one attached hydrogen (secondary N) is 2. The Kier molecular flexibility index (Phi) is 9.37. The molecule has 1 amide bonds. The van der Waals surface area contributed by atoms with E-state index < -0.39 is 10.0 Å². The van der Waals surface area contributed by atoms with Gasteiger partial charge in [-0.05, 0) is 44.9 Å². The molecular weight excluding hydrogens is 382 g/mol. The molecule has 1 fully saturated rings. The van der Waals surface area contributed by atoms with Crippen LogP contribution in [0.2, 0.25) is 0 Å². The van der Waals surface area contributed by atoms with E-state index in [1.807, 2.05) is 13.0 Å². The number of rotatable bonds is 8. The molecule has 1 aliphatic heterocycles. The summed E-state index contributed by atoms with van der Waals surface area (Å²) in [5.41, 5.74) is 0. The fourth-order valence-electron chi connectivity index (χ4n) is 2.77. The summed E-state index contributed by atoms with van der Waals surface area (Å²) in [6.45, 7) is 7.00. The molecule has 0 spiro atoms. The molecule has 2 heterocycles. The first-order valence-electron chi connectivity index (χ1n) is 8.50. The van der Waals surface area contributed by atoms with Crippen LogP contribution >= 0.6 is 23.7 Å². The first kappa shape index (κ1) is 22.4. The Morgan fingerprint density at radius 1 is 1.32 bits per heavy atom. The van der Waals surface area contributed by atoms with E-state index in [0.717, 1.165) is 37.2 Å². The van der Waals surface area contributed by atoms with Crippen molar-refractivity contribution in [2.24, 2.45) is 5.92 Å². The van der Waals surface area contributed by atoms with Crippen LogP contribution in [0.5, 0.6) is 0 Å². The highest BCUT2D eigenvalue weighted by atomic mass is 35.5. The second kappa shape index (κ2) is 10.5. The number of hydrogen-bond acceptors (Lipinski definition) is 5. The number of aryl methyl sites for hydroxylation is 1. The molecule has 6 nitrogen and oxygen atoms in total. The average molecular weight is 410 g/mol. The summed E-state index contributed by atoms with van der Waals surface area (Å²) in [4.78, 5) is 13.3. The minimum Gasteiger partial charge on any atom is -0.355 e. The monoisotopic (exact) mass is 409 g/mol. The molecule has 1 aromatic rings. The van der Waals surface area contributed by atoms with Crippen LogP contribution in [0.25, 0.3) is 0 Å². The van der Waals surface area contributed by atoms with Crippen LogP contribution in [0, 0.1) is 12.8 Å². The lowest BCUT2D eigenvalue weighted by Gasteiger charge is -2.30. The van der Waals surface area contributed by atoms with Gasteiger partial charge in [0.05, 0.1) is 5.92 Å². The van der Waals surface area contributed by atoms with Crippen molar-refractivity contribution in [1.29, 1.82) is 0 Å². The molecule has 0 aromatic carbocycles. The van der Waals surface area contributed by atoms with Gasteiger partial charge in [-0.25, -0.2) is 8.42 Å². The van der Waals surface area contributed by atoms with Crippen molar-refractivity contribution in [2.75, 3.05) is 32.7 Å². The summed E-state index contributed by atoms with van der Waals surface area (Å²) in [5, 5.41) is 6.14. The molecule has 2 rings (SSSR count). The van der Waals surface area contributed by atoms with Gasteiger partial charge in [0, 0.05) is 31.1 Å². The molecular formula is C16H28ClN3O3S2. The number of hydrogen-bond donors (Lipinski definition) is 2. The predicted molar refractivity (Wildman–Crippen MR) is 104 cm³/mol. The number of amides is 1. The molecule has 0 aliphatic carbocycles. The molecule has 1 aromatic heterocycles. The summed E-state index contributed by atoms with van der Waals surface area (Å²) in [6.07, 6.45) is 2.52. The number of sulfonamides is 1. The van der Waals surface area contributed by atoms with Crippen LogP contribution in [0.15, 0.2) is 16.3 Å². The standard InChI is InChI=1S/C16H27N3O3S2.ClH/c1-3-8-17-9-10-18-16(20)14-5-4-11-19(12-14)24(21,22)15-7-6-13(2)23-15;/h6-7,14,17H,3-5,8-12H2,1-2H3,(H,18,20);1H. The average Bonchev–Trinajstić information content (AvgIpc) is 3.02. The zero-order valence-electron chi connectivity index (χ0n) is 14.8. The van der Waals surface area contributed by atoms with Crippen LogP contribution < -0.4 is 10.6 Å². The molecule has 144 valence electrons. The van der Waals surface area contributed by atoms with Gasteiger partial charge in [-0.15, -0.1) is 23.7 Å². The molecule has 25 heavy (non-hydrogen) atoms. The topological polar surface area (TPSA) is 78.5 Å². The molecule has 2 N–H and O–H groups in total. The first-order valence-corrected chi connectivity index (χ1v) is 10.8. The maximum atomic E-state index is 12.7. The third-order valence-corrected chi connectivity index (χ3v) is 7.43. The number of thiophene rings is 1. The van der Waals surface area contributed by atoms with Crippen LogP contribution in [-0.4, -0.2) is 51.4 Å². The number of nitrogens with zero attached hydrogens (tertiary/aromatic N) is 1. The van der Waals surface area contributed by atoms with Gasteiger partial charge in [-0.3, -0.25) is 4.79 Å². The Morgan fingerprint density at radius 2 is 2.08 bits per heavy atom. The Labute approximate surface area is 160 Å². The minimum atomic E-state index is -3.48. The van der Waals surface area contributed by atoms with Gasteiger partial charge in [-0.1, -0.05) is 6.92 Å². The highest BCUT2D eigenvalue weighted by molar-refractivity contribution is 7.91. The molecule has 1 unspecified atom stereocenters. The minimum absolute atomic E-state index is 0. The summed E-state index contributed by atoms with van der Waals surface area (Å²) in [5.74, 6) is -0.309. The van der Waals surface area contributed by atoms with Crippen molar-refractivity contribution < 1.29 is 13.2 Å². The Balaban J connectivity index is 0.00000312. The van der Waals surface area contributed by atoms with Crippen molar-refractivity contribution in [3.63, 3.8) is 0 Å². The number of piperidine rings is 1. The highest BCUT2D eigenvalue weighted by Crippen LogP contribution is 2.28. The molecule has 0 bridgehead atoms. The van der Waals surface area contributed by atoms with Gasteiger partial charge >= 0.3 is 0 Å². The van der Waals surface area contributed by atoms with Crippen LogP contribution in [0.3, 0.4) is 0 Å². The van der Waals surface area contributed by atoms with E-state index in [9.17, 15) is 13.2 Å². The van der Waals surface area contributed by atoms with Crippen molar-refractivity contribution in [3.8, 4) is 0 Å². The van der Waals surface area contributed by atoms with Crippen LogP contribution in [-0.2, 0) is 14.8 Å². The predicted octanol–water partition coefficient (Wildman–Crippen LogP) is 1.99. The van der Waals surface area contributed by atoms with Gasteiger partial charge in [0.2, 0.25) is 5.91 Å². The molecule has 1 atom stereocenters. The zero-order valence-corrected chi connectivity index (χ0v) is 17.2. The van der Waals surface area contributed by atoms with E-state index in [1.54, 1.807) is 6.07 Å². The van der Waals surface area contributed by atoms with Gasteiger partial charge in [0.1, 0.15) is 4.21 Å². The summed E-state index contributed by atoms with van der Waals surface area (Å²) in [6, 6.07) is 3.47. The van der Waals surface area contributed by atoms with E-state index in [2.05, 4.69) is 17.6 Å². The van der Waals surface area contributed by atoms with E-state index in [-0.39, 0.29) is 30.8 Å². The van der Waals surface area contributed by atoms with Crippen LogP contribution in [0.1, 0.15) is 31.1 Å². The van der Waals surface area contributed by atoms with E-state index in [0.29, 0.717) is 17.3 Å². The van der Waals surface area contributed by atoms with Gasteiger partial charge in [0.25, 0.3) is 10.0 Å². The molecule has 0 saturated carbocycles. The molecule has 1 saturated heterocycles. The third kappa shape index (κ3) is 6.21. The quantitative estimate of drug-likeness (QED) is 0.643. The summed E-state index contributed by atoms with van der Waals surface area (Å²) >= 11 is 1.28. The number of carbonyl (C=O) groups excluding carboxylic acids is 1. The van der Waals surface area contributed by atoms with Gasteiger partial charge in [0.15, 0.2) is 0 Å². The molecule has 9 heteroatoms. The van der Waals surface area contributed by atoms with E-state index in [1.165, 1.54) is 15.6 Å². The SMILES string of the molecule is CCCNCCNC(=O)C1CCCN(S(=O)(=O)c2ccc(C)s2)C1.Cl. The number of carbonyl (C=O) groups is 1. The summed E-state index contributed by atoms with van der Waals surface area (Å²) in [7, 11) is -3.48. The molecule has 1 aliphatic rings. The number of halogens is 1. The van der Waals surface area contributed by atoms with Crippen molar-refractivity contribution in [1.82, 2.24) is 14.9 Å². The lowest BCUT2D eigenvalue weighted by atomic mass is 9.99. The van der Waals surface area contributed by atoms with Gasteiger partial charge in [-0.2, -0.15) is 4.31 Å². The lowest BCUT2D eigenvalue weighted by Crippen LogP contribution is -2.46. The maximum absolute atomic E-state index is 12.7. The Morgan fingerprint density at radius 3 is 2.72 bits per heavy atom. The second-order valence-electron chi connectivity index (χ2n) is 6.11. The van der Waals surface area contributed by atoms with Crippen molar-refractivity contribution >= 4 is 39.7 Å². The summed E-state index contributed by atoms with van der Waals surface area (Å²) < 4.78 is 27.2. The van der Waals surface area contributed by atoms with Crippen molar-refractivity contribution in [3.05, 3.63) is 17.0 Å². The normalized spacial score (nSPS) is 18.6. The fraction of sp³-hybridized carbons (Fsp3) is 0.688. The van der Waals surface area contributed by atoms with E-state index >= 15 is 0 Å². The first-order chi connectivity index (χ1) is 11.4. The third-order valence-electron chi connectivity index (χ3n) is 4.09. The fourth-order valence-corrected chi connectivity index (χ4v) is 5.73. The highest BCUT2D eigenvalue weighted by Gasteiger charge is 2.33. The van der Waals surface area contributed by atoms with Gasteiger partial charge < -0.3 is 10.6 Å². The largest absolute Gasteiger partial charge is 0.355 e. The smallest absolute Gasteiger partial charge is 0.252 e. The second-order valence-corrected chi connectivity index (χ2v) is 9.56. The van der Waals surface area contributed by atoms with E-state index in [4.69, 9.17) is 0 Å². The van der Waals surface area contributed by atoms with Crippen molar-refractivity contribution in [2.45, 2.75) is 37.3 Å². The lowest BCUT2D eigenvalue weighted by molar-refractivity contribution is -0.126.